The first kappa shape index (κ1) is 12.0. The van der Waals surface area contributed by atoms with Gasteiger partial charge < -0.3 is 21.9 Å². The van der Waals surface area contributed by atoms with Gasteiger partial charge in [-0.1, -0.05) is 30.3 Å². The molecule has 0 amide bonds. The fourth-order valence-electron chi connectivity index (χ4n) is 1.81. The molecular formula is C13H16N4O. The monoisotopic (exact) mass is 244 g/mol. The number of hydrogen-bond donors (Lipinski definition) is 4. The van der Waals surface area contributed by atoms with Crippen molar-refractivity contribution in [3.8, 4) is 0 Å². The summed E-state index contributed by atoms with van der Waals surface area (Å²) in [7, 11) is 0. The molecule has 18 heavy (non-hydrogen) atoms. The van der Waals surface area contributed by atoms with Gasteiger partial charge in [0.1, 0.15) is 5.84 Å². The van der Waals surface area contributed by atoms with Gasteiger partial charge in [-0.25, -0.2) is 0 Å². The molecule has 1 aliphatic rings. The Labute approximate surface area is 105 Å². The summed E-state index contributed by atoms with van der Waals surface area (Å²) in [6.45, 7) is 0. The lowest BCUT2D eigenvalue weighted by Gasteiger charge is -2.24. The Balaban J connectivity index is 2.20. The maximum absolute atomic E-state index is 7.35. The van der Waals surface area contributed by atoms with Crippen molar-refractivity contribution in [3.63, 3.8) is 0 Å². The van der Waals surface area contributed by atoms with Crippen LogP contribution in [0.5, 0.6) is 0 Å². The molecule has 1 heterocycles. The summed E-state index contributed by atoms with van der Waals surface area (Å²) in [6, 6.07) is 9.87. The average molecular weight is 244 g/mol. The molecule has 7 N–H and O–H groups in total. The average Bonchev–Trinajstić information content (AvgIpc) is 2.36. The van der Waals surface area contributed by atoms with E-state index in [-0.39, 0.29) is 5.84 Å². The topological polar surface area (TPSA) is 111 Å². The minimum atomic E-state index is -0.746. The van der Waals surface area contributed by atoms with Gasteiger partial charge in [0.05, 0.1) is 17.7 Å². The minimum absolute atomic E-state index is 0.148. The molecule has 1 atom stereocenters. The van der Waals surface area contributed by atoms with E-state index in [1.165, 1.54) is 6.26 Å². The van der Waals surface area contributed by atoms with E-state index in [0.29, 0.717) is 17.8 Å². The first-order chi connectivity index (χ1) is 8.59. The van der Waals surface area contributed by atoms with Crippen LogP contribution in [0.1, 0.15) is 5.56 Å². The molecule has 2 rings (SSSR count). The lowest BCUT2D eigenvalue weighted by Crippen LogP contribution is -2.38. The van der Waals surface area contributed by atoms with Crippen LogP contribution in [-0.4, -0.2) is 11.9 Å². The van der Waals surface area contributed by atoms with E-state index in [1.807, 2.05) is 30.3 Å². The molecule has 5 heteroatoms. The van der Waals surface area contributed by atoms with Crippen LogP contribution in [0.2, 0.25) is 0 Å². The van der Waals surface area contributed by atoms with E-state index in [4.69, 9.17) is 27.3 Å². The molecule has 0 saturated carbocycles. The van der Waals surface area contributed by atoms with Gasteiger partial charge >= 0.3 is 0 Å². The van der Waals surface area contributed by atoms with Crippen LogP contribution in [-0.2, 0) is 11.2 Å². The smallest absolute Gasteiger partial charge is 0.195 e. The Bertz CT molecular complexity index is 519. The Hall–Kier alpha value is -2.43. The lowest BCUT2D eigenvalue weighted by molar-refractivity contribution is 0.219. The molecule has 0 radical (unpaired) electrons. The Morgan fingerprint density at radius 1 is 1.22 bits per heavy atom. The summed E-state index contributed by atoms with van der Waals surface area (Å²) in [5.41, 5.74) is 19.8. The van der Waals surface area contributed by atoms with Crippen molar-refractivity contribution in [2.45, 2.75) is 12.5 Å². The highest BCUT2D eigenvalue weighted by atomic mass is 16.5. The van der Waals surface area contributed by atoms with Crippen LogP contribution < -0.4 is 17.2 Å². The third-order valence-electron chi connectivity index (χ3n) is 2.81. The maximum atomic E-state index is 7.35. The van der Waals surface area contributed by atoms with Gasteiger partial charge in [0.25, 0.3) is 0 Å². The standard InChI is InChI=1S/C13H16N4O/c14-10-9(6-8-4-2-1-3-5-8)7-18-12(11(10)15)13(16)17/h1-5,7,12H,6,14-15H2,(H3,16,17). The second-order valence-corrected chi connectivity index (χ2v) is 4.15. The number of allylic oxidation sites excluding steroid dienone is 1. The summed E-state index contributed by atoms with van der Waals surface area (Å²) in [5.74, 6) is -0.148. The summed E-state index contributed by atoms with van der Waals surface area (Å²) in [6.07, 6.45) is 1.42. The second-order valence-electron chi connectivity index (χ2n) is 4.15. The van der Waals surface area contributed by atoms with Crippen molar-refractivity contribution in [2.24, 2.45) is 17.2 Å². The number of hydrogen-bond acceptors (Lipinski definition) is 4. The van der Waals surface area contributed by atoms with E-state index in [2.05, 4.69) is 0 Å². The molecule has 0 aliphatic carbocycles. The Kier molecular flexibility index (Phi) is 3.23. The Morgan fingerprint density at radius 3 is 2.50 bits per heavy atom. The molecule has 0 bridgehead atoms. The fraction of sp³-hybridized carbons (Fsp3) is 0.154. The summed E-state index contributed by atoms with van der Waals surface area (Å²) >= 11 is 0. The molecule has 1 unspecified atom stereocenters. The van der Waals surface area contributed by atoms with Gasteiger partial charge in [-0.3, -0.25) is 5.41 Å². The molecule has 1 aromatic carbocycles. The van der Waals surface area contributed by atoms with Crippen LogP contribution in [0, 0.1) is 5.41 Å². The van der Waals surface area contributed by atoms with E-state index in [0.717, 1.165) is 11.1 Å². The number of benzene rings is 1. The summed E-state index contributed by atoms with van der Waals surface area (Å²) in [5, 5.41) is 7.35. The van der Waals surface area contributed by atoms with E-state index in [9.17, 15) is 0 Å². The highest BCUT2D eigenvalue weighted by Gasteiger charge is 2.24. The molecule has 0 fully saturated rings. The third-order valence-corrected chi connectivity index (χ3v) is 2.81. The van der Waals surface area contributed by atoms with E-state index < -0.39 is 6.10 Å². The molecule has 0 aromatic heterocycles. The molecule has 0 saturated heterocycles. The molecular weight excluding hydrogens is 228 g/mol. The predicted molar refractivity (Wildman–Crippen MR) is 70.4 cm³/mol. The largest absolute Gasteiger partial charge is 0.483 e. The van der Waals surface area contributed by atoms with Crippen LogP contribution in [0.4, 0.5) is 0 Å². The quantitative estimate of drug-likeness (QED) is 0.460. The van der Waals surface area contributed by atoms with E-state index >= 15 is 0 Å². The first-order valence-electron chi connectivity index (χ1n) is 5.57. The Morgan fingerprint density at radius 2 is 1.89 bits per heavy atom. The zero-order chi connectivity index (χ0) is 13.1. The molecule has 94 valence electrons. The fourth-order valence-corrected chi connectivity index (χ4v) is 1.81. The first-order valence-corrected chi connectivity index (χ1v) is 5.57. The van der Waals surface area contributed by atoms with Crippen LogP contribution >= 0.6 is 0 Å². The van der Waals surface area contributed by atoms with Gasteiger partial charge in [-0.2, -0.15) is 0 Å². The van der Waals surface area contributed by atoms with Crippen LogP contribution in [0.15, 0.2) is 53.6 Å². The zero-order valence-corrected chi connectivity index (χ0v) is 9.89. The highest BCUT2D eigenvalue weighted by Crippen LogP contribution is 2.21. The van der Waals surface area contributed by atoms with E-state index in [1.54, 1.807) is 0 Å². The molecule has 0 spiro atoms. The van der Waals surface area contributed by atoms with Crippen LogP contribution in [0.3, 0.4) is 0 Å². The van der Waals surface area contributed by atoms with Gasteiger partial charge in [0.15, 0.2) is 6.10 Å². The van der Waals surface area contributed by atoms with Crippen molar-refractivity contribution < 1.29 is 4.74 Å². The molecule has 1 aliphatic heterocycles. The second kappa shape index (κ2) is 4.83. The SMILES string of the molecule is N=C(N)C1OC=C(Cc2ccccc2)C(N)=C1N. The van der Waals surface area contributed by atoms with Gasteiger partial charge in [-0.15, -0.1) is 0 Å². The zero-order valence-electron chi connectivity index (χ0n) is 9.89. The summed E-state index contributed by atoms with van der Waals surface area (Å²) in [4.78, 5) is 0. The number of nitrogens with one attached hydrogen (secondary N) is 1. The van der Waals surface area contributed by atoms with Crippen molar-refractivity contribution in [2.75, 3.05) is 0 Å². The lowest BCUT2D eigenvalue weighted by atomic mass is 9.99. The van der Waals surface area contributed by atoms with Crippen molar-refractivity contribution in [1.82, 2.24) is 0 Å². The normalized spacial score (nSPS) is 19.1. The maximum Gasteiger partial charge on any atom is 0.195 e. The van der Waals surface area contributed by atoms with Gasteiger partial charge in [0, 0.05) is 12.0 Å². The minimum Gasteiger partial charge on any atom is -0.483 e. The van der Waals surface area contributed by atoms with Crippen molar-refractivity contribution in [1.29, 1.82) is 5.41 Å². The third kappa shape index (κ3) is 2.29. The number of ether oxygens (including phenoxy) is 1. The van der Waals surface area contributed by atoms with Gasteiger partial charge in [0.2, 0.25) is 0 Å². The number of amidine groups is 1. The highest BCUT2D eigenvalue weighted by molar-refractivity contribution is 5.85. The molecule has 1 aromatic rings. The van der Waals surface area contributed by atoms with Crippen molar-refractivity contribution in [3.05, 3.63) is 59.1 Å². The predicted octanol–water partition coefficient (Wildman–Crippen LogP) is 0.577. The van der Waals surface area contributed by atoms with Crippen LogP contribution in [0.25, 0.3) is 0 Å². The van der Waals surface area contributed by atoms with Gasteiger partial charge in [-0.05, 0) is 5.56 Å². The van der Waals surface area contributed by atoms with Crippen molar-refractivity contribution >= 4 is 5.84 Å². The summed E-state index contributed by atoms with van der Waals surface area (Å²) < 4.78 is 5.33. The number of nitrogens with two attached hydrogens (primary N) is 3. The molecule has 5 nitrogen and oxygen atoms in total. The number of rotatable bonds is 3.